The van der Waals surface area contributed by atoms with Crippen LogP contribution in [0.25, 0.3) is 5.57 Å². The van der Waals surface area contributed by atoms with Gasteiger partial charge in [0.25, 0.3) is 0 Å². The molecule has 1 fully saturated rings. The van der Waals surface area contributed by atoms with Crippen LogP contribution in [0.5, 0.6) is 5.75 Å². The average molecular weight is 240 g/mol. The zero-order valence-corrected chi connectivity index (χ0v) is 11.2. The molecule has 0 aliphatic heterocycles. The molecule has 1 saturated carbocycles. The molecule has 18 heavy (non-hydrogen) atoms. The molecular formula is C17H20O. The normalized spacial score (nSPS) is 26.3. The number of fused-ring (bicyclic) bond motifs is 1. The Kier molecular flexibility index (Phi) is 2.77. The fourth-order valence-corrected chi connectivity index (χ4v) is 3.36. The van der Waals surface area contributed by atoms with Crippen LogP contribution in [0.3, 0.4) is 0 Å². The lowest BCUT2D eigenvalue weighted by atomic mass is 9.68. The molecule has 2 aliphatic carbocycles. The summed E-state index contributed by atoms with van der Waals surface area (Å²) >= 11 is 0. The number of allylic oxidation sites excluding steroid dienone is 4. The predicted molar refractivity (Wildman–Crippen MR) is 75.6 cm³/mol. The van der Waals surface area contributed by atoms with Gasteiger partial charge in [-0.05, 0) is 42.5 Å². The summed E-state index contributed by atoms with van der Waals surface area (Å²) in [5.74, 6) is 0.930. The maximum atomic E-state index is 5.23. The van der Waals surface area contributed by atoms with Crippen molar-refractivity contribution in [1.82, 2.24) is 0 Å². The molecule has 0 bridgehead atoms. The quantitative estimate of drug-likeness (QED) is 0.734. The van der Waals surface area contributed by atoms with E-state index in [1.807, 2.05) is 0 Å². The van der Waals surface area contributed by atoms with Crippen LogP contribution in [0.4, 0.5) is 0 Å². The lowest BCUT2D eigenvalue weighted by Crippen LogP contribution is -2.22. The Hall–Kier alpha value is -1.50. The van der Waals surface area contributed by atoms with E-state index >= 15 is 0 Å². The zero-order valence-electron chi connectivity index (χ0n) is 11.2. The van der Waals surface area contributed by atoms with Gasteiger partial charge in [-0.1, -0.05) is 43.2 Å². The summed E-state index contributed by atoms with van der Waals surface area (Å²) in [6, 6.07) is 8.48. The molecule has 1 heteroatoms. The van der Waals surface area contributed by atoms with Crippen molar-refractivity contribution in [2.75, 3.05) is 7.11 Å². The van der Waals surface area contributed by atoms with Gasteiger partial charge >= 0.3 is 0 Å². The monoisotopic (exact) mass is 240 g/mol. The molecule has 3 rings (SSSR count). The van der Waals surface area contributed by atoms with Gasteiger partial charge in [0.15, 0.2) is 0 Å². The van der Waals surface area contributed by atoms with Gasteiger partial charge in [0.2, 0.25) is 0 Å². The van der Waals surface area contributed by atoms with Crippen LogP contribution in [0.2, 0.25) is 0 Å². The first kappa shape index (κ1) is 11.6. The second kappa shape index (κ2) is 4.31. The third-order valence-electron chi connectivity index (χ3n) is 4.53. The molecule has 0 saturated heterocycles. The molecule has 0 aromatic heterocycles. The van der Waals surface area contributed by atoms with E-state index in [1.54, 1.807) is 12.7 Å². The highest BCUT2D eigenvalue weighted by Gasteiger charge is 2.37. The highest BCUT2D eigenvalue weighted by molar-refractivity contribution is 5.78. The Bertz CT molecular complexity index is 507. The zero-order chi connectivity index (χ0) is 12.6. The van der Waals surface area contributed by atoms with E-state index in [2.05, 4.69) is 43.3 Å². The Balaban J connectivity index is 1.93. The van der Waals surface area contributed by atoms with Crippen molar-refractivity contribution in [1.29, 1.82) is 0 Å². The Morgan fingerprint density at radius 1 is 1.06 bits per heavy atom. The molecule has 1 aromatic rings. The van der Waals surface area contributed by atoms with Gasteiger partial charge < -0.3 is 4.74 Å². The number of methoxy groups -OCH3 is 1. The van der Waals surface area contributed by atoms with Gasteiger partial charge in [-0.3, -0.25) is 0 Å². The minimum Gasteiger partial charge on any atom is -0.497 e. The third-order valence-corrected chi connectivity index (χ3v) is 4.53. The van der Waals surface area contributed by atoms with Gasteiger partial charge in [0, 0.05) is 5.41 Å². The first-order chi connectivity index (χ1) is 8.74. The van der Waals surface area contributed by atoms with Crippen molar-refractivity contribution in [3.63, 3.8) is 0 Å². The maximum absolute atomic E-state index is 5.23. The van der Waals surface area contributed by atoms with E-state index in [4.69, 9.17) is 4.74 Å². The van der Waals surface area contributed by atoms with E-state index in [0.29, 0.717) is 0 Å². The fourth-order valence-electron chi connectivity index (χ4n) is 3.36. The Labute approximate surface area is 109 Å². The molecule has 0 amide bonds. The summed E-state index contributed by atoms with van der Waals surface area (Å²) in [6.07, 6.45) is 9.93. The summed E-state index contributed by atoms with van der Waals surface area (Å²) in [4.78, 5) is 0. The van der Waals surface area contributed by atoms with Crippen LogP contribution < -0.4 is 4.74 Å². The highest BCUT2D eigenvalue weighted by Crippen LogP contribution is 2.53. The van der Waals surface area contributed by atoms with Gasteiger partial charge in [0.05, 0.1) is 7.11 Å². The van der Waals surface area contributed by atoms with Crippen LogP contribution >= 0.6 is 0 Å². The Morgan fingerprint density at radius 3 is 2.56 bits per heavy atom. The minimum absolute atomic E-state index is 0.285. The lowest BCUT2D eigenvalue weighted by molar-refractivity contribution is 0.400. The molecule has 0 unspecified atom stereocenters. The van der Waals surface area contributed by atoms with E-state index in [9.17, 15) is 0 Å². The van der Waals surface area contributed by atoms with Crippen LogP contribution in [0.15, 0.2) is 42.0 Å². The molecule has 0 N–H and O–H groups in total. The van der Waals surface area contributed by atoms with Crippen LogP contribution in [-0.2, 0) is 0 Å². The number of benzene rings is 1. The highest BCUT2D eigenvalue weighted by atomic mass is 16.5. The number of ether oxygens (including phenoxy) is 1. The summed E-state index contributed by atoms with van der Waals surface area (Å²) in [5, 5.41) is 0. The standard InChI is InChI=1S/C17H20O/c1-17-12-4-3-5-14(17)8-11-16(17)13-6-9-15(18-2)10-7-13/h6-11H,3-5,12H2,1-2H3/t17-/m0/s1. The van der Waals surface area contributed by atoms with Gasteiger partial charge in [0.1, 0.15) is 5.75 Å². The van der Waals surface area contributed by atoms with Crippen molar-refractivity contribution in [2.45, 2.75) is 32.6 Å². The van der Waals surface area contributed by atoms with Crippen molar-refractivity contribution < 1.29 is 4.74 Å². The molecule has 0 radical (unpaired) electrons. The predicted octanol–water partition coefficient (Wildman–Crippen LogP) is 4.60. The van der Waals surface area contributed by atoms with Crippen molar-refractivity contribution in [3.05, 3.63) is 47.6 Å². The first-order valence-corrected chi connectivity index (χ1v) is 6.80. The molecule has 0 heterocycles. The van der Waals surface area contributed by atoms with Crippen molar-refractivity contribution in [3.8, 4) is 5.75 Å². The molecule has 2 aliphatic rings. The molecular weight excluding hydrogens is 220 g/mol. The summed E-state index contributed by atoms with van der Waals surface area (Å²) in [6.45, 7) is 2.40. The molecule has 1 nitrogen and oxygen atoms in total. The second-order valence-electron chi connectivity index (χ2n) is 5.54. The number of hydrogen-bond donors (Lipinski definition) is 0. The minimum atomic E-state index is 0.285. The van der Waals surface area contributed by atoms with E-state index in [-0.39, 0.29) is 5.41 Å². The fraction of sp³-hybridized carbons (Fsp3) is 0.412. The summed E-state index contributed by atoms with van der Waals surface area (Å²) < 4.78 is 5.23. The van der Waals surface area contributed by atoms with Gasteiger partial charge in [-0.25, -0.2) is 0 Å². The third kappa shape index (κ3) is 1.69. The molecule has 1 aromatic carbocycles. The summed E-state index contributed by atoms with van der Waals surface area (Å²) in [7, 11) is 1.71. The van der Waals surface area contributed by atoms with Gasteiger partial charge in [-0.2, -0.15) is 0 Å². The average Bonchev–Trinajstić information content (AvgIpc) is 2.76. The van der Waals surface area contributed by atoms with E-state index < -0.39 is 0 Å². The number of hydrogen-bond acceptors (Lipinski definition) is 1. The maximum Gasteiger partial charge on any atom is 0.118 e. The summed E-state index contributed by atoms with van der Waals surface area (Å²) in [5.41, 5.74) is 4.73. The van der Waals surface area contributed by atoms with E-state index in [1.165, 1.54) is 36.8 Å². The van der Waals surface area contributed by atoms with E-state index in [0.717, 1.165) is 5.75 Å². The van der Waals surface area contributed by atoms with Crippen LogP contribution in [0.1, 0.15) is 38.2 Å². The van der Waals surface area contributed by atoms with Crippen molar-refractivity contribution in [2.24, 2.45) is 5.41 Å². The molecule has 94 valence electrons. The number of rotatable bonds is 2. The first-order valence-electron chi connectivity index (χ1n) is 6.80. The van der Waals surface area contributed by atoms with Gasteiger partial charge in [-0.15, -0.1) is 0 Å². The second-order valence-corrected chi connectivity index (χ2v) is 5.54. The smallest absolute Gasteiger partial charge is 0.118 e. The van der Waals surface area contributed by atoms with Crippen LogP contribution in [-0.4, -0.2) is 7.11 Å². The molecule has 1 atom stereocenters. The SMILES string of the molecule is COc1ccc(C2=CC=C3CCCC[C@@]32C)cc1. The van der Waals surface area contributed by atoms with Crippen molar-refractivity contribution >= 4 is 5.57 Å². The Morgan fingerprint density at radius 2 is 1.83 bits per heavy atom. The lowest BCUT2D eigenvalue weighted by Gasteiger charge is -2.36. The topological polar surface area (TPSA) is 9.23 Å². The van der Waals surface area contributed by atoms with Crippen LogP contribution in [0, 0.1) is 5.41 Å². The molecule has 0 spiro atoms. The largest absolute Gasteiger partial charge is 0.497 e.